The van der Waals surface area contributed by atoms with Crippen LogP contribution < -0.4 is 15.0 Å². The van der Waals surface area contributed by atoms with Crippen LogP contribution in [0.3, 0.4) is 0 Å². The van der Waals surface area contributed by atoms with Crippen molar-refractivity contribution >= 4 is 54.0 Å². The van der Waals surface area contributed by atoms with Crippen molar-refractivity contribution in [2.75, 3.05) is 24.6 Å². The van der Waals surface area contributed by atoms with Crippen LogP contribution in [-0.4, -0.2) is 97.0 Å². The van der Waals surface area contributed by atoms with Gasteiger partial charge in [-0.15, -0.1) is 0 Å². The minimum atomic E-state index is -1.76. The summed E-state index contributed by atoms with van der Waals surface area (Å²) in [6.07, 6.45) is -2.47. The van der Waals surface area contributed by atoms with Gasteiger partial charge in [-0.1, -0.05) is 0 Å². The van der Waals surface area contributed by atoms with E-state index in [1.165, 1.54) is 11.0 Å². The van der Waals surface area contributed by atoms with E-state index in [2.05, 4.69) is 0 Å². The molecule has 0 saturated carbocycles. The number of halogens is 1. The number of morpholine rings is 1. The van der Waals surface area contributed by atoms with Crippen molar-refractivity contribution < 1.29 is 38.5 Å². The predicted octanol–water partition coefficient (Wildman–Crippen LogP) is -0.552. The molecule has 2 fully saturated rings. The van der Waals surface area contributed by atoms with Gasteiger partial charge in [-0.05, 0) is 0 Å². The molecule has 5 N–H and O–H groups in total. The second-order valence-electron chi connectivity index (χ2n) is 8.83. The van der Waals surface area contributed by atoms with Crippen LogP contribution in [-0.2, 0) is 19.1 Å². The van der Waals surface area contributed by atoms with E-state index in [-0.39, 0.29) is 36.8 Å². The quantitative estimate of drug-likeness (QED) is 0.181. The van der Waals surface area contributed by atoms with Gasteiger partial charge < -0.3 is 5.11 Å². The van der Waals surface area contributed by atoms with Gasteiger partial charge in [-0.25, -0.2) is 4.79 Å². The molecular weight excluding hydrogens is 562 g/mol. The van der Waals surface area contributed by atoms with Crippen LogP contribution in [0.1, 0.15) is 28.8 Å². The van der Waals surface area contributed by atoms with Gasteiger partial charge in [0.15, 0.2) is 0 Å². The van der Waals surface area contributed by atoms with E-state index in [9.17, 15) is 33.8 Å². The maximum absolute atomic E-state index is 14.5. The Balaban J connectivity index is 1.50. The number of anilines is 1. The van der Waals surface area contributed by atoms with Gasteiger partial charge >= 0.3 is 214 Å². The Labute approximate surface area is 223 Å². The van der Waals surface area contributed by atoms with Gasteiger partial charge in [0.1, 0.15) is 0 Å². The van der Waals surface area contributed by atoms with Crippen molar-refractivity contribution in [1.29, 1.82) is 5.41 Å². The zero-order chi connectivity index (χ0) is 27.6. The maximum atomic E-state index is 14.5. The average Bonchev–Trinajstić information content (AvgIpc) is 3.38. The number of aliphatic hydroxyl groups excluding tert-OH is 1. The Morgan fingerprint density at radius 2 is 1.84 bits per heavy atom. The zero-order valence-electron chi connectivity index (χ0n) is 20.0. The molecule has 2 heterocycles. The Morgan fingerprint density at radius 3 is 2.50 bits per heavy atom. The topological polar surface area (TPSA) is 174 Å². The number of aliphatic carboxylic acids is 1. The van der Waals surface area contributed by atoms with Crippen LogP contribution >= 0.6 is 0 Å². The van der Waals surface area contributed by atoms with E-state index in [4.69, 9.17) is 15.9 Å². The summed E-state index contributed by atoms with van der Waals surface area (Å²) in [4.78, 5) is 52.8. The first kappa shape index (κ1) is 27.4. The summed E-state index contributed by atoms with van der Waals surface area (Å²) < 4.78 is 20.0. The number of carbonyl (C=O) groups excluding carboxylic acids is 3. The van der Waals surface area contributed by atoms with Crippen LogP contribution in [0.5, 0.6) is 0 Å². The van der Waals surface area contributed by atoms with E-state index in [1.807, 2.05) is 0 Å². The molecule has 11 nitrogen and oxygen atoms in total. The fourth-order valence-electron chi connectivity index (χ4n) is 4.41. The SMILES string of the molecule is N=C(N)c1ccc([As]C(=O)[C@H](O)[C@H]2OCCN(c3cc(F)cc(C(=O)N4CCCC4C(=O)O)c3)C2=O)cc1. The molecule has 3 atom stereocenters. The molecule has 0 bridgehead atoms. The van der Waals surface area contributed by atoms with Crippen LogP contribution in [0.2, 0.25) is 0 Å². The van der Waals surface area contributed by atoms with Crippen molar-refractivity contribution in [3.63, 3.8) is 0 Å². The van der Waals surface area contributed by atoms with Crippen LogP contribution in [0.15, 0.2) is 42.5 Å². The van der Waals surface area contributed by atoms with Gasteiger partial charge in [-0.2, -0.15) is 0 Å². The number of nitrogens with one attached hydrogen (secondary N) is 1. The number of aliphatic hydroxyl groups is 1. The Kier molecular flexibility index (Phi) is 8.25. The number of ether oxygens (including phenoxy) is 1. The number of nitrogens with zero attached hydrogens (tertiary/aromatic N) is 2. The molecule has 0 aromatic heterocycles. The second kappa shape index (κ2) is 11.4. The molecule has 1 unspecified atom stereocenters. The molecule has 4 rings (SSSR count). The van der Waals surface area contributed by atoms with Gasteiger partial charge in [-0.3, -0.25) is 0 Å². The number of nitrogens with two attached hydrogens (primary N) is 1. The van der Waals surface area contributed by atoms with Crippen LogP contribution in [0.4, 0.5) is 10.1 Å². The van der Waals surface area contributed by atoms with Crippen molar-refractivity contribution in [1.82, 2.24) is 4.90 Å². The first-order valence-electron chi connectivity index (χ1n) is 11.7. The molecule has 38 heavy (non-hydrogen) atoms. The molecule has 0 aliphatic carbocycles. The summed E-state index contributed by atoms with van der Waals surface area (Å²) in [5, 5.41) is 27.5. The zero-order valence-corrected chi connectivity index (χ0v) is 21.9. The van der Waals surface area contributed by atoms with E-state index < -0.39 is 62.2 Å². The first-order valence-corrected chi connectivity index (χ1v) is 13.6. The predicted molar refractivity (Wildman–Crippen MR) is 134 cm³/mol. The molecule has 13 heteroatoms. The number of likely N-dealkylation sites (tertiary alicyclic amines) is 1. The summed E-state index contributed by atoms with van der Waals surface area (Å²) in [5.74, 6) is -3.50. The molecule has 2 aliphatic rings. The normalized spacial score (nSPS) is 20.6. The number of amidine groups is 1. The summed E-state index contributed by atoms with van der Waals surface area (Å²) in [7, 11) is 0. The number of carboxylic acids is 1. The minimum absolute atomic E-state index is 0.00494. The van der Waals surface area contributed by atoms with E-state index in [1.54, 1.807) is 24.3 Å². The Hall–Kier alpha value is -3.60. The molecule has 2 amide bonds. The van der Waals surface area contributed by atoms with E-state index >= 15 is 0 Å². The first-order chi connectivity index (χ1) is 18.1. The third-order valence-corrected chi connectivity index (χ3v) is 8.50. The van der Waals surface area contributed by atoms with Crippen molar-refractivity contribution in [3.8, 4) is 0 Å². The molecule has 2 saturated heterocycles. The standard InChI is InChI=1S/C25H25AsFN4O7/c27-16-10-14(23(34)31-7-1-2-18(31)25(36)37)11-17(12-16)30-8-9-38-20(24(30)35)19(32)21(33)26-15-5-3-13(4-6-15)22(28)29/h3-6,10-12,18-20,32H,1-2,7-9H2,(H3,28,29)(H,36,37)/t18?,19-,20-/m1/s1. The monoisotopic (exact) mass is 587 g/mol. The summed E-state index contributed by atoms with van der Waals surface area (Å²) >= 11 is -1.20. The molecule has 1 radical (unpaired) electrons. The summed E-state index contributed by atoms with van der Waals surface area (Å²) in [5.41, 5.74) is 5.84. The molecular formula is C25H25AsFN4O7. The van der Waals surface area contributed by atoms with Gasteiger partial charge in [0.05, 0.1) is 0 Å². The van der Waals surface area contributed by atoms with Gasteiger partial charge in [0.25, 0.3) is 0 Å². The van der Waals surface area contributed by atoms with E-state index in [0.29, 0.717) is 22.8 Å². The number of amides is 2. The Morgan fingerprint density at radius 1 is 1.13 bits per heavy atom. The van der Waals surface area contributed by atoms with Crippen molar-refractivity contribution in [2.24, 2.45) is 5.73 Å². The number of rotatable bonds is 8. The summed E-state index contributed by atoms with van der Waals surface area (Å²) in [6.45, 7) is 0.168. The van der Waals surface area contributed by atoms with Crippen molar-refractivity contribution in [2.45, 2.75) is 31.1 Å². The fraction of sp³-hybridized carbons (Fsp3) is 0.320. The fourth-order valence-corrected chi connectivity index (χ4v) is 6.13. The third-order valence-electron chi connectivity index (χ3n) is 6.32. The number of hydrogen-bond acceptors (Lipinski definition) is 7. The van der Waals surface area contributed by atoms with Gasteiger partial charge in [0, 0.05) is 0 Å². The number of nitrogen functional groups attached to an aromatic ring is 1. The molecule has 199 valence electrons. The third kappa shape index (κ3) is 5.77. The number of hydrogen-bond donors (Lipinski definition) is 4. The number of carbonyl (C=O) groups is 4. The summed E-state index contributed by atoms with van der Waals surface area (Å²) in [6, 6.07) is 8.72. The molecule has 0 spiro atoms. The van der Waals surface area contributed by atoms with E-state index in [0.717, 1.165) is 17.0 Å². The molecule has 2 aliphatic heterocycles. The van der Waals surface area contributed by atoms with Crippen LogP contribution in [0, 0.1) is 11.2 Å². The van der Waals surface area contributed by atoms with Crippen LogP contribution in [0.25, 0.3) is 0 Å². The number of benzene rings is 2. The average molecular weight is 587 g/mol. The van der Waals surface area contributed by atoms with Crippen molar-refractivity contribution in [3.05, 3.63) is 59.4 Å². The van der Waals surface area contributed by atoms with Gasteiger partial charge in [0.2, 0.25) is 0 Å². The number of carboxylic acid groups (broad SMARTS) is 1. The molecule has 2 aromatic carbocycles. The second-order valence-corrected chi connectivity index (χ2v) is 11.3. The Bertz CT molecular complexity index is 1290. The molecule has 2 aromatic rings.